The van der Waals surface area contributed by atoms with Crippen LogP contribution in [0.1, 0.15) is 17.9 Å². The smallest absolute Gasteiger partial charge is 0.292 e. The van der Waals surface area contributed by atoms with Gasteiger partial charge in [-0.25, -0.2) is 12.7 Å². The molecule has 0 bridgehead atoms. The number of anilines is 1. The van der Waals surface area contributed by atoms with Gasteiger partial charge in [0, 0.05) is 30.8 Å². The molecular formula is C16H20N4O5S. The molecule has 9 nitrogen and oxygen atoms in total. The van der Waals surface area contributed by atoms with Crippen LogP contribution < -0.4 is 5.32 Å². The summed E-state index contributed by atoms with van der Waals surface area (Å²) in [7, 11) is -3.26. The molecule has 0 saturated carbocycles. The summed E-state index contributed by atoms with van der Waals surface area (Å²) < 4.78 is 29.7. The Morgan fingerprint density at radius 3 is 2.65 bits per heavy atom. The predicted molar refractivity (Wildman–Crippen MR) is 96.5 cm³/mol. The number of aryl methyl sites for hydroxylation is 2. The average molecular weight is 380 g/mol. The molecule has 1 fully saturated rings. The zero-order valence-corrected chi connectivity index (χ0v) is 15.5. The van der Waals surface area contributed by atoms with E-state index in [2.05, 4.69) is 10.5 Å². The zero-order valence-electron chi connectivity index (χ0n) is 14.7. The summed E-state index contributed by atoms with van der Waals surface area (Å²) in [6.45, 7) is 4.23. The Balaban J connectivity index is 1.88. The lowest BCUT2D eigenvalue weighted by atomic mass is 10.0. The topological polar surface area (TPSA) is 119 Å². The second kappa shape index (κ2) is 6.69. The van der Waals surface area contributed by atoms with Crippen molar-refractivity contribution in [3.63, 3.8) is 0 Å². The van der Waals surface area contributed by atoms with Crippen LogP contribution in [0.2, 0.25) is 0 Å². The highest BCUT2D eigenvalue weighted by atomic mass is 32.2. The molecule has 1 saturated heterocycles. The Kier molecular flexibility index (Phi) is 4.72. The van der Waals surface area contributed by atoms with E-state index in [-0.39, 0.29) is 11.7 Å². The van der Waals surface area contributed by atoms with Crippen LogP contribution in [0.3, 0.4) is 0 Å². The average Bonchev–Trinajstić information content (AvgIpc) is 3.15. The number of nitrogens with zero attached hydrogens (tertiary/aromatic N) is 3. The Morgan fingerprint density at radius 2 is 2.12 bits per heavy atom. The number of nitro benzene ring substituents is 1. The van der Waals surface area contributed by atoms with Gasteiger partial charge in [0.25, 0.3) is 5.69 Å². The molecule has 26 heavy (non-hydrogen) atoms. The molecule has 1 atom stereocenters. The van der Waals surface area contributed by atoms with Gasteiger partial charge in [0.1, 0.15) is 11.4 Å². The lowest BCUT2D eigenvalue weighted by Crippen LogP contribution is -2.30. The Morgan fingerprint density at radius 1 is 1.38 bits per heavy atom. The van der Waals surface area contributed by atoms with Crippen molar-refractivity contribution in [2.75, 3.05) is 24.7 Å². The number of benzene rings is 1. The number of hydrogen-bond donors (Lipinski definition) is 1. The Bertz CT molecular complexity index is 934. The first-order valence-corrected chi connectivity index (χ1v) is 9.95. The fourth-order valence-electron chi connectivity index (χ4n) is 3.22. The molecule has 2 aromatic rings. The van der Waals surface area contributed by atoms with Gasteiger partial charge in [0.05, 0.1) is 16.9 Å². The summed E-state index contributed by atoms with van der Waals surface area (Å²) in [6.07, 6.45) is 1.76. The normalized spacial score (nSPS) is 18.2. The van der Waals surface area contributed by atoms with Gasteiger partial charge in [-0.15, -0.1) is 0 Å². The van der Waals surface area contributed by atoms with Crippen LogP contribution in [0.15, 0.2) is 22.7 Å². The largest absolute Gasteiger partial charge is 0.375 e. The number of nitro groups is 1. The number of rotatable bonds is 5. The van der Waals surface area contributed by atoms with E-state index in [1.54, 1.807) is 26.0 Å². The maximum Gasteiger partial charge on any atom is 0.292 e. The van der Waals surface area contributed by atoms with E-state index in [1.165, 1.54) is 10.4 Å². The van der Waals surface area contributed by atoms with Crippen LogP contribution in [0.5, 0.6) is 0 Å². The minimum Gasteiger partial charge on any atom is -0.375 e. The third kappa shape index (κ3) is 3.56. The SMILES string of the molecule is Cc1noc(C)c1-c1ccc(NC2CCN(S(C)(=O)=O)C2)c([N+](=O)[O-])c1. The fourth-order valence-corrected chi connectivity index (χ4v) is 4.11. The first-order valence-electron chi connectivity index (χ1n) is 8.10. The molecule has 2 heterocycles. The van der Waals surface area contributed by atoms with Gasteiger partial charge >= 0.3 is 0 Å². The standard InChI is InChI=1S/C16H20N4O5S/c1-10-16(11(2)25-18-10)12-4-5-14(15(8-12)20(21)22)17-13-6-7-19(9-13)26(3,23)24/h4-5,8,13,17H,6-7,9H2,1-3H3. The van der Waals surface area contributed by atoms with Crippen LogP contribution >= 0.6 is 0 Å². The summed E-state index contributed by atoms with van der Waals surface area (Å²) >= 11 is 0. The highest BCUT2D eigenvalue weighted by Gasteiger charge is 2.30. The van der Waals surface area contributed by atoms with E-state index in [4.69, 9.17) is 4.52 Å². The molecule has 1 aromatic carbocycles. The molecule has 140 valence electrons. The molecule has 1 aliphatic rings. The third-order valence-corrected chi connectivity index (χ3v) is 5.77. The minimum atomic E-state index is -3.26. The second-order valence-corrected chi connectivity index (χ2v) is 8.42. The maximum atomic E-state index is 11.6. The van der Waals surface area contributed by atoms with E-state index in [1.807, 2.05) is 0 Å². The van der Waals surface area contributed by atoms with Crippen molar-refractivity contribution < 1.29 is 17.9 Å². The fraction of sp³-hybridized carbons (Fsp3) is 0.438. The van der Waals surface area contributed by atoms with Gasteiger partial charge < -0.3 is 9.84 Å². The molecule has 1 aromatic heterocycles. The first-order chi connectivity index (χ1) is 12.2. The van der Waals surface area contributed by atoms with Crippen LogP contribution in [-0.4, -0.2) is 48.2 Å². The molecule has 3 rings (SSSR count). The van der Waals surface area contributed by atoms with Crippen molar-refractivity contribution in [1.82, 2.24) is 9.46 Å². The zero-order chi connectivity index (χ0) is 19.1. The molecule has 0 aliphatic carbocycles. The summed E-state index contributed by atoms with van der Waals surface area (Å²) in [4.78, 5) is 11.1. The molecule has 1 aliphatic heterocycles. The van der Waals surface area contributed by atoms with Gasteiger partial charge in [-0.3, -0.25) is 10.1 Å². The van der Waals surface area contributed by atoms with Crippen molar-refractivity contribution in [3.05, 3.63) is 39.8 Å². The molecule has 1 N–H and O–H groups in total. The Hall–Kier alpha value is -2.46. The van der Waals surface area contributed by atoms with Gasteiger partial charge in [-0.1, -0.05) is 11.2 Å². The first kappa shape index (κ1) is 18.3. The summed E-state index contributed by atoms with van der Waals surface area (Å²) in [5, 5.41) is 18.5. The van der Waals surface area contributed by atoms with Gasteiger partial charge in [0.2, 0.25) is 10.0 Å². The van der Waals surface area contributed by atoms with Gasteiger partial charge in [-0.2, -0.15) is 0 Å². The molecular weight excluding hydrogens is 360 g/mol. The van der Waals surface area contributed by atoms with Crippen molar-refractivity contribution in [1.29, 1.82) is 0 Å². The lowest BCUT2D eigenvalue weighted by Gasteiger charge is -2.16. The van der Waals surface area contributed by atoms with Crippen LogP contribution in [0.25, 0.3) is 11.1 Å². The number of sulfonamides is 1. The van der Waals surface area contributed by atoms with E-state index in [9.17, 15) is 18.5 Å². The molecule has 1 unspecified atom stereocenters. The minimum absolute atomic E-state index is 0.0692. The molecule has 0 amide bonds. The monoisotopic (exact) mass is 380 g/mol. The van der Waals surface area contributed by atoms with E-state index in [0.29, 0.717) is 42.2 Å². The van der Waals surface area contributed by atoms with Crippen molar-refractivity contribution >= 4 is 21.4 Å². The maximum absolute atomic E-state index is 11.6. The van der Waals surface area contributed by atoms with E-state index < -0.39 is 14.9 Å². The molecule has 0 radical (unpaired) electrons. The predicted octanol–water partition coefficient (Wildman–Crippen LogP) is 2.31. The number of nitrogens with one attached hydrogen (secondary N) is 1. The highest BCUT2D eigenvalue weighted by Crippen LogP contribution is 2.34. The van der Waals surface area contributed by atoms with E-state index >= 15 is 0 Å². The third-order valence-electron chi connectivity index (χ3n) is 4.50. The van der Waals surface area contributed by atoms with Crippen LogP contribution in [-0.2, 0) is 10.0 Å². The highest BCUT2D eigenvalue weighted by molar-refractivity contribution is 7.88. The van der Waals surface area contributed by atoms with Gasteiger partial charge in [0.15, 0.2) is 0 Å². The van der Waals surface area contributed by atoms with Crippen LogP contribution in [0, 0.1) is 24.0 Å². The van der Waals surface area contributed by atoms with Crippen molar-refractivity contribution in [3.8, 4) is 11.1 Å². The lowest BCUT2D eigenvalue weighted by molar-refractivity contribution is -0.383. The second-order valence-electron chi connectivity index (χ2n) is 6.44. The number of aromatic nitrogens is 1. The molecule has 0 spiro atoms. The summed E-state index contributed by atoms with van der Waals surface area (Å²) in [6, 6.07) is 4.72. The summed E-state index contributed by atoms with van der Waals surface area (Å²) in [5.41, 5.74) is 2.36. The van der Waals surface area contributed by atoms with Crippen LogP contribution in [0.4, 0.5) is 11.4 Å². The quantitative estimate of drug-likeness (QED) is 0.624. The van der Waals surface area contributed by atoms with E-state index in [0.717, 1.165) is 11.8 Å². The molecule has 10 heteroatoms. The Labute approximate surface area is 151 Å². The van der Waals surface area contributed by atoms with Crippen molar-refractivity contribution in [2.45, 2.75) is 26.3 Å². The number of hydrogen-bond acceptors (Lipinski definition) is 7. The summed E-state index contributed by atoms with van der Waals surface area (Å²) in [5.74, 6) is 0.595. The van der Waals surface area contributed by atoms with Crippen molar-refractivity contribution in [2.24, 2.45) is 0 Å². The van der Waals surface area contributed by atoms with Gasteiger partial charge in [-0.05, 0) is 31.9 Å².